The summed E-state index contributed by atoms with van der Waals surface area (Å²) in [6, 6.07) is 0. The van der Waals surface area contributed by atoms with Crippen molar-refractivity contribution < 1.29 is 4.79 Å². The van der Waals surface area contributed by atoms with E-state index in [4.69, 9.17) is 0 Å². The zero-order valence-corrected chi connectivity index (χ0v) is 6.66. The van der Waals surface area contributed by atoms with Gasteiger partial charge in [-0.2, -0.15) is 10.2 Å². The molecule has 1 amide bonds. The van der Waals surface area contributed by atoms with Gasteiger partial charge >= 0.3 is 0 Å². The summed E-state index contributed by atoms with van der Waals surface area (Å²) in [5.41, 5.74) is 0. The van der Waals surface area contributed by atoms with Gasteiger partial charge in [-0.1, -0.05) is 0 Å². The maximum absolute atomic E-state index is 10.8. The quantitative estimate of drug-likeness (QED) is 0.532. The van der Waals surface area contributed by atoms with Crippen LogP contribution in [0.3, 0.4) is 0 Å². The zero-order valence-electron chi connectivity index (χ0n) is 6.66. The Hall–Kier alpha value is -0.930. The van der Waals surface area contributed by atoms with Crippen LogP contribution in [0.25, 0.3) is 0 Å². The number of nitrogens with zero attached hydrogens (tertiary/aromatic N) is 3. The number of hydrogen-bond donors (Lipinski definition) is 0. The highest BCUT2D eigenvalue weighted by molar-refractivity contribution is 5.77. The van der Waals surface area contributed by atoms with Crippen molar-refractivity contribution in [2.24, 2.45) is 10.2 Å². The molecule has 0 aromatic rings. The maximum Gasteiger partial charge on any atom is 0.245 e. The van der Waals surface area contributed by atoms with Gasteiger partial charge in [0.2, 0.25) is 5.91 Å². The molecule has 4 nitrogen and oxygen atoms in total. The van der Waals surface area contributed by atoms with Crippen molar-refractivity contribution in [3.05, 3.63) is 0 Å². The second-order valence-corrected chi connectivity index (χ2v) is 2.05. The average Bonchev–Trinajstić information content (AvgIpc) is 1.88. The first-order valence-corrected chi connectivity index (χ1v) is 3.22. The van der Waals surface area contributed by atoms with Gasteiger partial charge in [0.15, 0.2) is 0 Å². The zero-order chi connectivity index (χ0) is 7.98. The molecule has 0 unspecified atom stereocenters. The van der Waals surface area contributed by atoms with Crippen molar-refractivity contribution in [3.8, 4) is 0 Å². The molecule has 0 fully saturated rings. The van der Waals surface area contributed by atoms with E-state index in [9.17, 15) is 4.79 Å². The lowest BCUT2D eigenvalue weighted by Crippen LogP contribution is -2.23. The van der Waals surface area contributed by atoms with Crippen LogP contribution in [0, 0.1) is 0 Å². The van der Waals surface area contributed by atoms with Crippen molar-refractivity contribution in [1.82, 2.24) is 4.90 Å². The fraction of sp³-hybridized carbons (Fsp3) is 0.833. The second kappa shape index (κ2) is 4.90. The molecule has 0 spiro atoms. The summed E-state index contributed by atoms with van der Waals surface area (Å²) in [4.78, 5) is 12.3. The number of amides is 1. The molecule has 0 saturated heterocycles. The minimum absolute atomic E-state index is 0.0165. The molecule has 0 aromatic heterocycles. The van der Waals surface area contributed by atoms with Crippen LogP contribution in [0.1, 0.15) is 6.92 Å². The van der Waals surface area contributed by atoms with Gasteiger partial charge in [0.1, 0.15) is 6.54 Å². The van der Waals surface area contributed by atoms with Crippen molar-refractivity contribution in [1.29, 1.82) is 0 Å². The van der Waals surface area contributed by atoms with Gasteiger partial charge in [-0.3, -0.25) is 4.79 Å². The van der Waals surface area contributed by atoms with Crippen molar-refractivity contribution in [3.63, 3.8) is 0 Å². The van der Waals surface area contributed by atoms with E-state index in [0.717, 1.165) is 0 Å². The molecule has 0 aliphatic rings. The summed E-state index contributed by atoms with van der Waals surface area (Å²) < 4.78 is 0. The Balaban J connectivity index is 3.49. The molecule has 0 bridgehead atoms. The monoisotopic (exact) mass is 143 g/mol. The molecule has 0 aliphatic heterocycles. The topological polar surface area (TPSA) is 45.0 Å². The van der Waals surface area contributed by atoms with Crippen molar-refractivity contribution in [2.45, 2.75) is 6.92 Å². The molecule has 0 aliphatic carbocycles. The highest BCUT2D eigenvalue weighted by Crippen LogP contribution is 1.81. The fourth-order valence-corrected chi connectivity index (χ4v) is 0.352. The minimum Gasteiger partial charge on any atom is -0.347 e. The lowest BCUT2D eigenvalue weighted by molar-refractivity contribution is -0.127. The lowest BCUT2D eigenvalue weighted by atomic mass is 10.6. The summed E-state index contributed by atoms with van der Waals surface area (Å²) in [5.74, 6) is -0.0165. The van der Waals surface area contributed by atoms with E-state index in [0.29, 0.717) is 6.54 Å². The normalized spacial score (nSPS) is 10.3. The largest absolute Gasteiger partial charge is 0.347 e. The van der Waals surface area contributed by atoms with Gasteiger partial charge in [-0.05, 0) is 6.92 Å². The van der Waals surface area contributed by atoms with Crippen LogP contribution in [0.4, 0.5) is 0 Å². The number of rotatable bonds is 3. The van der Waals surface area contributed by atoms with E-state index in [2.05, 4.69) is 10.2 Å². The summed E-state index contributed by atoms with van der Waals surface area (Å²) in [5, 5.41) is 7.32. The van der Waals surface area contributed by atoms with Gasteiger partial charge in [-0.15, -0.1) is 0 Å². The third-order valence-electron chi connectivity index (χ3n) is 0.946. The van der Waals surface area contributed by atoms with Gasteiger partial charge in [0, 0.05) is 14.1 Å². The summed E-state index contributed by atoms with van der Waals surface area (Å²) in [6.07, 6.45) is 0. The van der Waals surface area contributed by atoms with Gasteiger partial charge in [-0.25, -0.2) is 0 Å². The smallest absolute Gasteiger partial charge is 0.245 e. The SMILES string of the molecule is CCN=NCC(=O)N(C)C. The highest BCUT2D eigenvalue weighted by Gasteiger charge is 1.99. The molecule has 0 heterocycles. The van der Waals surface area contributed by atoms with Crippen LogP contribution in [-0.2, 0) is 4.79 Å². The number of carbonyl (C=O) groups is 1. The average molecular weight is 143 g/mol. The van der Waals surface area contributed by atoms with E-state index < -0.39 is 0 Å². The number of hydrogen-bond acceptors (Lipinski definition) is 3. The third kappa shape index (κ3) is 4.00. The standard InChI is InChI=1S/C6H13N3O/c1-4-7-8-5-6(10)9(2)3/h4-5H2,1-3H3. The fourth-order valence-electron chi connectivity index (χ4n) is 0.352. The molecular formula is C6H13N3O. The Morgan fingerprint density at radius 2 is 2.00 bits per heavy atom. The lowest BCUT2D eigenvalue weighted by Gasteiger charge is -2.05. The molecular weight excluding hydrogens is 130 g/mol. The first-order valence-electron chi connectivity index (χ1n) is 3.22. The molecule has 0 N–H and O–H groups in total. The molecule has 0 aromatic carbocycles. The van der Waals surface area contributed by atoms with Crippen LogP contribution in [0.2, 0.25) is 0 Å². The van der Waals surface area contributed by atoms with E-state index in [1.807, 2.05) is 6.92 Å². The molecule has 0 saturated carbocycles. The van der Waals surface area contributed by atoms with E-state index in [1.165, 1.54) is 4.90 Å². The Morgan fingerprint density at radius 3 is 2.40 bits per heavy atom. The Bertz CT molecular complexity index is 131. The van der Waals surface area contributed by atoms with Crippen LogP contribution in [-0.4, -0.2) is 38.0 Å². The minimum atomic E-state index is -0.0165. The molecule has 0 rings (SSSR count). The molecule has 4 heteroatoms. The number of likely N-dealkylation sites (N-methyl/N-ethyl adjacent to an activating group) is 1. The number of carbonyl (C=O) groups excluding carboxylic acids is 1. The predicted molar refractivity (Wildman–Crippen MR) is 39.0 cm³/mol. The van der Waals surface area contributed by atoms with Crippen LogP contribution < -0.4 is 0 Å². The molecule has 0 radical (unpaired) electrons. The third-order valence-corrected chi connectivity index (χ3v) is 0.946. The van der Waals surface area contributed by atoms with E-state index in [-0.39, 0.29) is 12.5 Å². The number of azo groups is 1. The first-order chi connectivity index (χ1) is 4.68. The summed E-state index contributed by atoms with van der Waals surface area (Å²) in [7, 11) is 3.40. The Kier molecular flexibility index (Phi) is 4.45. The summed E-state index contributed by atoms with van der Waals surface area (Å²) in [6.45, 7) is 2.69. The van der Waals surface area contributed by atoms with Crippen molar-refractivity contribution >= 4 is 5.91 Å². The van der Waals surface area contributed by atoms with Crippen molar-refractivity contribution in [2.75, 3.05) is 27.2 Å². The van der Waals surface area contributed by atoms with Gasteiger partial charge < -0.3 is 4.90 Å². The predicted octanol–water partition coefficient (Wildman–Crippen LogP) is 0.547. The van der Waals surface area contributed by atoms with Crippen LogP contribution in [0.15, 0.2) is 10.2 Å². The first kappa shape index (κ1) is 9.07. The highest BCUT2D eigenvalue weighted by atomic mass is 16.2. The van der Waals surface area contributed by atoms with E-state index >= 15 is 0 Å². The van der Waals surface area contributed by atoms with Gasteiger partial charge in [0.25, 0.3) is 0 Å². The van der Waals surface area contributed by atoms with E-state index in [1.54, 1.807) is 14.1 Å². The molecule has 58 valence electrons. The second-order valence-electron chi connectivity index (χ2n) is 2.05. The molecule has 0 atom stereocenters. The van der Waals surface area contributed by atoms with Crippen LogP contribution in [0.5, 0.6) is 0 Å². The molecule has 10 heavy (non-hydrogen) atoms. The summed E-state index contributed by atoms with van der Waals surface area (Å²) >= 11 is 0. The Morgan fingerprint density at radius 1 is 1.40 bits per heavy atom. The Labute approximate surface area is 60.9 Å². The maximum atomic E-state index is 10.8. The van der Waals surface area contributed by atoms with Gasteiger partial charge in [0.05, 0.1) is 6.54 Å². The van der Waals surface area contributed by atoms with Crippen LogP contribution >= 0.6 is 0 Å².